The summed E-state index contributed by atoms with van der Waals surface area (Å²) >= 11 is 0. The molecule has 0 saturated carbocycles. The maximum Gasteiger partial charge on any atom is 0.326 e. The maximum atomic E-state index is 13.6. The van der Waals surface area contributed by atoms with Crippen LogP contribution in [0.1, 0.15) is 23.6 Å². The van der Waals surface area contributed by atoms with Gasteiger partial charge in [-0.1, -0.05) is 6.58 Å². The van der Waals surface area contributed by atoms with Gasteiger partial charge in [0.2, 0.25) is 5.95 Å². The van der Waals surface area contributed by atoms with Gasteiger partial charge < -0.3 is 20.0 Å². The number of piperazine rings is 1. The van der Waals surface area contributed by atoms with E-state index >= 15 is 0 Å². The lowest BCUT2D eigenvalue weighted by molar-refractivity contribution is -0.114. The molecule has 1 aromatic carbocycles. The Labute approximate surface area is 233 Å². The Balaban J connectivity index is 1.19. The van der Waals surface area contributed by atoms with Gasteiger partial charge in [-0.15, -0.1) is 0 Å². The zero-order valence-electron chi connectivity index (χ0n) is 23.1. The van der Waals surface area contributed by atoms with Crippen LogP contribution in [0.4, 0.5) is 33.8 Å². The molecule has 1 N–H and O–H groups in total. The van der Waals surface area contributed by atoms with Crippen molar-refractivity contribution in [2.45, 2.75) is 19.0 Å². The van der Waals surface area contributed by atoms with Gasteiger partial charge in [0.1, 0.15) is 11.6 Å². The highest BCUT2D eigenvalue weighted by Gasteiger charge is 2.40. The number of carbonyl (C=O) groups excluding carboxylic acids is 2. The number of aryl methyl sites for hydroxylation is 1. The predicted octanol–water partition coefficient (Wildman–Crippen LogP) is 2.74. The van der Waals surface area contributed by atoms with Crippen molar-refractivity contribution in [3.05, 3.63) is 60.4 Å². The fraction of sp³-hybridized carbons (Fsp3) is 0.393. The molecule has 0 bridgehead atoms. The summed E-state index contributed by atoms with van der Waals surface area (Å²) in [5, 5.41) is 7.67. The topological polar surface area (TPSA) is 106 Å². The van der Waals surface area contributed by atoms with Gasteiger partial charge in [-0.3, -0.25) is 19.3 Å². The summed E-state index contributed by atoms with van der Waals surface area (Å²) < 4.78 is 1.67. The average molecular weight is 543 g/mol. The van der Waals surface area contributed by atoms with Crippen molar-refractivity contribution < 1.29 is 9.59 Å². The van der Waals surface area contributed by atoms with E-state index in [0.717, 1.165) is 43.0 Å². The van der Waals surface area contributed by atoms with Crippen molar-refractivity contribution in [2.75, 3.05) is 66.8 Å². The molecule has 12 heteroatoms. The quantitative estimate of drug-likeness (QED) is 0.491. The zero-order valence-corrected chi connectivity index (χ0v) is 23.1. The van der Waals surface area contributed by atoms with Gasteiger partial charge in [0.15, 0.2) is 0 Å². The van der Waals surface area contributed by atoms with Crippen LogP contribution in [0.15, 0.2) is 49.3 Å². The molecule has 3 aliphatic heterocycles. The van der Waals surface area contributed by atoms with Crippen molar-refractivity contribution >= 4 is 40.9 Å². The fourth-order valence-electron chi connectivity index (χ4n) is 5.76. The summed E-state index contributed by atoms with van der Waals surface area (Å²) in [4.78, 5) is 45.1. The number of nitrogens with zero attached hydrogens (tertiary/aromatic N) is 9. The van der Waals surface area contributed by atoms with Gasteiger partial charge in [0, 0.05) is 75.5 Å². The highest BCUT2D eigenvalue weighted by molar-refractivity contribution is 6.01. The van der Waals surface area contributed by atoms with Crippen LogP contribution in [0.5, 0.6) is 0 Å². The van der Waals surface area contributed by atoms with Crippen molar-refractivity contribution in [1.82, 2.24) is 29.5 Å². The third-order valence-corrected chi connectivity index (χ3v) is 8.02. The molecule has 1 atom stereocenters. The monoisotopic (exact) mass is 542 g/mol. The van der Waals surface area contributed by atoms with E-state index in [1.54, 1.807) is 41.0 Å². The molecule has 12 nitrogen and oxygen atoms in total. The molecule has 40 heavy (non-hydrogen) atoms. The second-order valence-corrected chi connectivity index (χ2v) is 10.5. The minimum atomic E-state index is -0.225. The van der Waals surface area contributed by atoms with E-state index < -0.39 is 0 Å². The minimum absolute atomic E-state index is 0.156. The molecule has 0 radical (unpaired) electrons. The van der Waals surface area contributed by atoms with Gasteiger partial charge in [-0.05, 0) is 43.8 Å². The van der Waals surface area contributed by atoms with Gasteiger partial charge in [-0.2, -0.15) is 10.1 Å². The molecule has 6 rings (SSSR count). The summed E-state index contributed by atoms with van der Waals surface area (Å²) in [6, 6.07) is 7.90. The number of likely N-dealkylation sites (N-methyl/N-ethyl adjacent to an activating group) is 1. The zero-order chi connectivity index (χ0) is 28.0. The molecule has 1 unspecified atom stereocenters. The van der Waals surface area contributed by atoms with E-state index in [9.17, 15) is 9.59 Å². The number of urea groups is 1. The average Bonchev–Trinajstić information content (AvgIpc) is 3.37. The number of anilines is 5. The van der Waals surface area contributed by atoms with Gasteiger partial charge in [-0.25, -0.2) is 9.78 Å². The molecule has 1 saturated heterocycles. The molecular weight excluding hydrogens is 508 g/mol. The number of benzene rings is 1. The van der Waals surface area contributed by atoms with E-state index in [4.69, 9.17) is 4.98 Å². The van der Waals surface area contributed by atoms with Crippen molar-refractivity contribution in [3.8, 4) is 0 Å². The first-order valence-corrected chi connectivity index (χ1v) is 13.5. The Morgan fingerprint density at radius 1 is 1.05 bits per heavy atom. The predicted molar refractivity (Wildman–Crippen MR) is 154 cm³/mol. The molecular formula is C28H34N10O2. The number of amides is 3. The third-order valence-electron chi connectivity index (χ3n) is 8.02. The molecule has 3 amide bonds. The molecule has 208 valence electrons. The minimum Gasteiger partial charge on any atom is -0.369 e. The van der Waals surface area contributed by atoms with Crippen LogP contribution < -0.4 is 20.0 Å². The summed E-state index contributed by atoms with van der Waals surface area (Å²) in [5.41, 5.74) is 3.78. The number of hydrogen-bond donors (Lipinski definition) is 1. The van der Waals surface area contributed by atoms with Crippen LogP contribution in [0, 0.1) is 0 Å². The lowest BCUT2D eigenvalue weighted by atomic mass is 9.98. The number of hydrogen-bond acceptors (Lipinski definition) is 8. The van der Waals surface area contributed by atoms with E-state index in [-0.39, 0.29) is 18.0 Å². The Bertz CT molecular complexity index is 1440. The van der Waals surface area contributed by atoms with E-state index in [2.05, 4.69) is 51.0 Å². The number of aromatic nitrogens is 4. The smallest absolute Gasteiger partial charge is 0.326 e. The van der Waals surface area contributed by atoms with Gasteiger partial charge >= 0.3 is 6.03 Å². The fourth-order valence-corrected chi connectivity index (χ4v) is 5.76. The maximum absolute atomic E-state index is 13.6. The molecule has 5 heterocycles. The van der Waals surface area contributed by atoms with Crippen molar-refractivity contribution in [3.63, 3.8) is 0 Å². The second kappa shape index (κ2) is 10.3. The highest BCUT2D eigenvalue weighted by atomic mass is 16.2. The summed E-state index contributed by atoms with van der Waals surface area (Å²) in [6.45, 7) is 8.61. The van der Waals surface area contributed by atoms with E-state index in [1.165, 1.54) is 11.8 Å². The summed E-state index contributed by atoms with van der Waals surface area (Å²) in [7, 11) is 5.68. The first-order chi connectivity index (χ1) is 19.3. The van der Waals surface area contributed by atoms with Crippen LogP contribution in [-0.2, 0) is 18.4 Å². The summed E-state index contributed by atoms with van der Waals surface area (Å²) in [6.07, 6.45) is 5.42. The van der Waals surface area contributed by atoms with Crippen LogP contribution in [0.3, 0.4) is 0 Å². The largest absolute Gasteiger partial charge is 0.369 e. The van der Waals surface area contributed by atoms with E-state index in [1.807, 2.05) is 17.0 Å². The molecule has 2 aromatic heterocycles. The lowest BCUT2D eigenvalue weighted by Gasteiger charge is -2.42. The lowest BCUT2D eigenvalue weighted by Crippen LogP contribution is -2.49. The molecule has 1 fully saturated rings. The Morgan fingerprint density at radius 3 is 2.52 bits per heavy atom. The standard InChI is InChI=1S/C28H34N10O2/c1-5-24(39)37-11-10-23(22-17-30-35(4)26(22)37)38-18-19-16-29-27(32-25(19)34(3)28(38)40)31-20-6-8-21(9-7-20)36-14-12-33(2)13-15-36/h5-9,16-17,23H,1,10-15,18H2,2-4H3,(H,29,31,32). The molecule has 0 spiro atoms. The van der Waals surface area contributed by atoms with E-state index in [0.29, 0.717) is 37.1 Å². The number of carbonyl (C=O) groups is 2. The third kappa shape index (κ3) is 4.53. The SMILES string of the molecule is C=CC(=O)N1CCC(N2Cc3cnc(Nc4ccc(N5CCN(C)CC5)cc4)nc3N(C)C2=O)c2cnn(C)c21. The highest BCUT2D eigenvalue weighted by Crippen LogP contribution is 2.41. The Morgan fingerprint density at radius 2 is 1.80 bits per heavy atom. The number of fused-ring (bicyclic) bond motifs is 2. The van der Waals surface area contributed by atoms with Gasteiger partial charge in [0.05, 0.1) is 18.8 Å². The van der Waals surface area contributed by atoms with Crippen LogP contribution in [0.2, 0.25) is 0 Å². The van der Waals surface area contributed by atoms with Crippen molar-refractivity contribution in [1.29, 1.82) is 0 Å². The second-order valence-electron chi connectivity index (χ2n) is 10.5. The molecule has 3 aromatic rings. The Kier molecular flexibility index (Phi) is 6.62. The number of nitrogens with one attached hydrogen (secondary N) is 1. The Hall–Kier alpha value is -4.45. The van der Waals surface area contributed by atoms with Gasteiger partial charge in [0.25, 0.3) is 5.91 Å². The molecule has 0 aliphatic carbocycles. The normalized spacial score (nSPS) is 19.4. The first-order valence-electron chi connectivity index (χ1n) is 13.5. The van der Waals surface area contributed by atoms with Crippen LogP contribution >= 0.6 is 0 Å². The first kappa shape index (κ1) is 25.8. The number of rotatable bonds is 5. The summed E-state index contributed by atoms with van der Waals surface area (Å²) in [5.74, 6) is 1.53. The molecule has 3 aliphatic rings. The van der Waals surface area contributed by atoms with Crippen molar-refractivity contribution in [2.24, 2.45) is 7.05 Å². The van der Waals surface area contributed by atoms with Crippen LogP contribution in [0.25, 0.3) is 0 Å². The van der Waals surface area contributed by atoms with Crippen LogP contribution in [-0.4, -0.2) is 88.3 Å².